The Morgan fingerprint density at radius 3 is 2.48 bits per heavy atom. The van der Waals surface area contributed by atoms with E-state index in [0.717, 1.165) is 24.6 Å². The zero-order valence-electron chi connectivity index (χ0n) is 12.0. The number of quaternary nitrogens is 1. The lowest BCUT2D eigenvalue weighted by Crippen LogP contribution is -3.18. The average molecular weight is 307 g/mol. The van der Waals surface area contributed by atoms with Gasteiger partial charge in [0.15, 0.2) is 6.04 Å². The average Bonchev–Trinajstić information content (AvgIpc) is 2.83. The number of hydrogen-bond donors (Lipinski definition) is 1. The first-order valence-corrected chi connectivity index (χ1v) is 8.29. The fourth-order valence-corrected chi connectivity index (χ4v) is 3.95. The maximum atomic E-state index is 12.6. The van der Waals surface area contributed by atoms with Crippen LogP contribution in [0.1, 0.15) is 6.42 Å². The lowest BCUT2D eigenvalue weighted by molar-refractivity contribution is -0.911. The second-order valence-corrected chi connectivity index (χ2v) is 6.52. The van der Waals surface area contributed by atoms with Crippen LogP contribution in [0, 0.1) is 0 Å². The molecular weight excluding hydrogens is 288 g/mol. The van der Waals surface area contributed by atoms with Gasteiger partial charge in [0.1, 0.15) is 5.75 Å². The Labute approximate surface area is 128 Å². The molecule has 1 atom stereocenters. The Balaban J connectivity index is 1.79. The van der Waals surface area contributed by atoms with E-state index in [1.807, 2.05) is 11.8 Å². The van der Waals surface area contributed by atoms with Crippen LogP contribution in [0.5, 0.6) is 5.75 Å². The molecule has 2 amide bonds. The van der Waals surface area contributed by atoms with Gasteiger partial charge in [-0.2, -0.15) is 11.8 Å². The van der Waals surface area contributed by atoms with Crippen LogP contribution >= 0.6 is 11.8 Å². The van der Waals surface area contributed by atoms with Gasteiger partial charge in [-0.15, -0.1) is 0 Å². The largest absolute Gasteiger partial charge is 0.497 e. The van der Waals surface area contributed by atoms with Crippen LogP contribution < -0.4 is 14.5 Å². The van der Waals surface area contributed by atoms with Gasteiger partial charge in [0.2, 0.25) is 5.91 Å². The number of hydrogen-bond acceptors (Lipinski definition) is 4. The first-order valence-electron chi connectivity index (χ1n) is 7.14. The van der Waals surface area contributed by atoms with Crippen molar-refractivity contribution in [1.82, 2.24) is 0 Å². The molecule has 2 aliphatic rings. The summed E-state index contributed by atoms with van der Waals surface area (Å²) in [4.78, 5) is 27.4. The van der Waals surface area contributed by atoms with Crippen molar-refractivity contribution >= 4 is 29.3 Å². The molecule has 0 spiro atoms. The van der Waals surface area contributed by atoms with E-state index in [1.165, 1.54) is 9.80 Å². The minimum Gasteiger partial charge on any atom is -0.497 e. The number of ether oxygens (including phenoxy) is 1. The summed E-state index contributed by atoms with van der Waals surface area (Å²) in [6.07, 6.45) is 0.324. The highest BCUT2D eigenvalue weighted by Gasteiger charge is 2.45. The lowest BCUT2D eigenvalue weighted by atomic mass is 10.2. The highest BCUT2D eigenvalue weighted by molar-refractivity contribution is 7.99. The summed E-state index contributed by atoms with van der Waals surface area (Å²) in [5, 5.41) is 0. The van der Waals surface area contributed by atoms with Crippen molar-refractivity contribution in [3.05, 3.63) is 24.3 Å². The monoisotopic (exact) mass is 307 g/mol. The minimum absolute atomic E-state index is 0.0629. The van der Waals surface area contributed by atoms with Gasteiger partial charge < -0.3 is 9.64 Å². The first kappa shape index (κ1) is 14.4. The van der Waals surface area contributed by atoms with Gasteiger partial charge >= 0.3 is 0 Å². The number of carbonyl (C=O) groups excluding carboxylic acids is 2. The molecule has 2 fully saturated rings. The number of rotatable bonds is 3. The molecule has 1 N–H and O–H groups in total. The molecule has 0 aliphatic carbocycles. The third-order valence-corrected chi connectivity index (χ3v) is 5.09. The summed E-state index contributed by atoms with van der Waals surface area (Å²) in [7, 11) is 1.59. The van der Waals surface area contributed by atoms with E-state index >= 15 is 0 Å². The molecule has 2 heterocycles. The van der Waals surface area contributed by atoms with Crippen LogP contribution in [0.25, 0.3) is 0 Å². The SMILES string of the molecule is COc1ccc(N2C(=O)CC([NH+]3CCSCC3)C2=O)cc1. The molecule has 2 saturated heterocycles. The Morgan fingerprint density at radius 1 is 1.19 bits per heavy atom. The molecule has 2 aliphatic heterocycles. The number of nitrogens with one attached hydrogen (secondary N) is 1. The zero-order chi connectivity index (χ0) is 14.8. The lowest BCUT2D eigenvalue weighted by Gasteiger charge is -2.27. The molecule has 1 unspecified atom stereocenters. The maximum Gasteiger partial charge on any atom is 0.292 e. The summed E-state index contributed by atoms with van der Waals surface area (Å²) < 4.78 is 5.11. The van der Waals surface area contributed by atoms with Gasteiger partial charge in [0.25, 0.3) is 5.91 Å². The second-order valence-electron chi connectivity index (χ2n) is 5.29. The van der Waals surface area contributed by atoms with E-state index in [4.69, 9.17) is 4.74 Å². The third-order valence-electron chi connectivity index (χ3n) is 4.11. The highest BCUT2D eigenvalue weighted by atomic mass is 32.2. The molecule has 112 valence electrons. The Kier molecular flexibility index (Phi) is 4.17. The fraction of sp³-hybridized carbons (Fsp3) is 0.467. The van der Waals surface area contributed by atoms with Crippen molar-refractivity contribution in [1.29, 1.82) is 0 Å². The normalized spacial score (nSPS) is 23.7. The molecule has 1 aromatic rings. The number of imide groups is 1. The van der Waals surface area contributed by atoms with Gasteiger partial charge in [-0.25, -0.2) is 4.90 Å². The Bertz CT molecular complexity index is 540. The Morgan fingerprint density at radius 2 is 1.86 bits per heavy atom. The van der Waals surface area contributed by atoms with Crippen molar-refractivity contribution in [3.63, 3.8) is 0 Å². The quantitative estimate of drug-likeness (QED) is 0.796. The summed E-state index contributed by atoms with van der Waals surface area (Å²) in [6.45, 7) is 1.93. The topological polar surface area (TPSA) is 51.0 Å². The van der Waals surface area contributed by atoms with Gasteiger partial charge in [-0.1, -0.05) is 0 Å². The van der Waals surface area contributed by atoms with Crippen molar-refractivity contribution in [3.8, 4) is 5.75 Å². The molecular formula is C15H19N2O3S+. The van der Waals surface area contributed by atoms with E-state index in [1.54, 1.807) is 31.4 Å². The number of nitrogens with zero attached hydrogens (tertiary/aromatic N) is 1. The summed E-state index contributed by atoms with van der Waals surface area (Å²) in [6, 6.07) is 6.86. The van der Waals surface area contributed by atoms with E-state index in [0.29, 0.717) is 17.9 Å². The van der Waals surface area contributed by atoms with Crippen molar-refractivity contribution in [2.75, 3.05) is 36.6 Å². The van der Waals surface area contributed by atoms with E-state index in [2.05, 4.69) is 0 Å². The highest BCUT2D eigenvalue weighted by Crippen LogP contribution is 2.24. The molecule has 0 aromatic heterocycles. The van der Waals surface area contributed by atoms with E-state index in [9.17, 15) is 9.59 Å². The zero-order valence-corrected chi connectivity index (χ0v) is 12.8. The van der Waals surface area contributed by atoms with Crippen LogP contribution in [0.3, 0.4) is 0 Å². The predicted octanol–water partition coefficient (Wildman–Crippen LogP) is -0.0412. The van der Waals surface area contributed by atoms with Gasteiger partial charge in [-0.3, -0.25) is 9.59 Å². The van der Waals surface area contributed by atoms with Gasteiger partial charge in [-0.05, 0) is 24.3 Å². The van der Waals surface area contributed by atoms with Crippen LogP contribution in [0.2, 0.25) is 0 Å². The molecule has 0 bridgehead atoms. The number of benzene rings is 1. The number of carbonyl (C=O) groups is 2. The first-order chi connectivity index (χ1) is 10.2. The number of anilines is 1. The Hall–Kier alpha value is -1.53. The molecule has 3 rings (SSSR count). The van der Waals surface area contributed by atoms with Crippen LogP contribution in [0.4, 0.5) is 5.69 Å². The standard InChI is InChI=1S/C15H18N2O3S/c1-20-12-4-2-11(3-5-12)17-14(18)10-13(15(17)19)16-6-8-21-9-7-16/h2-5,13H,6-10H2,1H3/p+1. The summed E-state index contributed by atoms with van der Waals surface area (Å²) in [5.41, 5.74) is 0.638. The van der Waals surface area contributed by atoms with Crippen LogP contribution in [-0.4, -0.2) is 49.6 Å². The minimum atomic E-state index is -0.208. The molecule has 6 heteroatoms. The number of methoxy groups -OCH3 is 1. The van der Waals surface area contributed by atoms with Gasteiger partial charge in [0.05, 0.1) is 32.3 Å². The molecule has 0 saturated carbocycles. The number of thioether (sulfide) groups is 1. The predicted molar refractivity (Wildman–Crippen MR) is 81.9 cm³/mol. The maximum absolute atomic E-state index is 12.6. The smallest absolute Gasteiger partial charge is 0.292 e. The second kappa shape index (κ2) is 6.07. The summed E-state index contributed by atoms with van der Waals surface area (Å²) >= 11 is 1.92. The fourth-order valence-electron chi connectivity index (χ4n) is 2.94. The van der Waals surface area contributed by atoms with Crippen LogP contribution in [-0.2, 0) is 9.59 Å². The van der Waals surface area contributed by atoms with Crippen LogP contribution in [0.15, 0.2) is 24.3 Å². The van der Waals surface area contributed by atoms with Crippen molar-refractivity contribution in [2.45, 2.75) is 12.5 Å². The van der Waals surface area contributed by atoms with Gasteiger partial charge in [0, 0.05) is 11.5 Å². The van der Waals surface area contributed by atoms with Crippen molar-refractivity contribution < 1.29 is 19.2 Å². The van der Waals surface area contributed by atoms with Crippen molar-refractivity contribution in [2.24, 2.45) is 0 Å². The van der Waals surface area contributed by atoms with E-state index < -0.39 is 0 Å². The molecule has 0 radical (unpaired) electrons. The third kappa shape index (κ3) is 2.78. The summed E-state index contributed by atoms with van der Waals surface area (Å²) in [5.74, 6) is 2.69. The van der Waals surface area contributed by atoms with E-state index in [-0.39, 0.29) is 17.9 Å². The number of amides is 2. The molecule has 5 nitrogen and oxygen atoms in total. The molecule has 1 aromatic carbocycles. The molecule has 21 heavy (non-hydrogen) atoms.